The van der Waals surface area contributed by atoms with Gasteiger partial charge in [0, 0.05) is 44.0 Å². The molecule has 1 amide bonds. The van der Waals surface area contributed by atoms with Crippen LogP contribution in [-0.4, -0.2) is 50.6 Å². The maximum Gasteiger partial charge on any atom is 0.250 e. The van der Waals surface area contributed by atoms with Gasteiger partial charge in [0.25, 0.3) is 0 Å². The lowest BCUT2D eigenvalue weighted by atomic mass is 9.95. The first-order chi connectivity index (χ1) is 12.7. The first-order valence-electron chi connectivity index (χ1n) is 8.99. The van der Waals surface area contributed by atoms with Crippen LogP contribution in [-0.2, 0) is 9.63 Å². The Balaban J connectivity index is 1.41. The zero-order chi connectivity index (χ0) is 17.9. The van der Waals surface area contributed by atoms with Crippen LogP contribution in [0, 0.1) is 12.8 Å². The molecule has 2 aromatic rings. The number of hydrogen-bond donors (Lipinski definition) is 0. The molecule has 8 heteroatoms. The van der Waals surface area contributed by atoms with Crippen LogP contribution in [0.15, 0.2) is 30.9 Å². The van der Waals surface area contributed by atoms with Crippen molar-refractivity contribution in [1.82, 2.24) is 25.0 Å². The highest BCUT2D eigenvalue weighted by atomic mass is 16.7. The molecule has 2 aliphatic rings. The quantitative estimate of drug-likeness (QED) is 0.829. The van der Waals surface area contributed by atoms with Crippen LogP contribution in [0.1, 0.15) is 36.7 Å². The minimum Gasteiger partial charge on any atom is -0.341 e. The molecule has 4 rings (SSSR count). The molecule has 26 heavy (non-hydrogen) atoms. The van der Waals surface area contributed by atoms with Crippen molar-refractivity contribution in [3.63, 3.8) is 0 Å². The van der Waals surface area contributed by atoms with Crippen molar-refractivity contribution < 1.29 is 9.63 Å². The Morgan fingerprint density at radius 2 is 1.92 bits per heavy atom. The van der Waals surface area contributed by atoms with Crippen molar-refractivity contribution in [3.8, 4) is 0 Å². The topological polar surface area (TPSA) is 84.3 Å². The smallest absolute Gasteiger partial charge is 0.250 e. The van der Waals surface area contributed by atoms with Crippen molar-refractivity contribution in [2.24, 2.45) is 5.92 Å². The number of amides is 1. The molecule has 2 saturated heterocycles. The zero-order valence-electron chi connectivity index (χ0n) is 14.8. The van der Waals surface area contributed by atoms with Crippen molar-refractivity contribution in [3.05, 3.63) is 42.2 Å². The van der Waals surface area contributed by atoms with E-state index in [4.69, 9.17) is 4.84 Å². The summed E-state index contributed by atoms with van der Waals surface area (Å²) in [5, 5.41) is 1.53. The summed E-state index contributed by atoms with van der Waals surface area (Å²) in [6, 6.07) is 1.66. The summed E-state index contributed by atoms with van der Waals surface area (Å²) in [5.74, 6) is 0.724. The summed E-state index contributed by atoms with van der Waals surface area (Å²) >= 11 is 0. The summed E-state index contributed by atoms with van der Waals surface area (Å²) in [6.45, 7) is 3.97. The van der Waals surface area contributed by atoms with Gasteiger partial charge in [0.05, 0.1) is 24.2 Å². The van der Waals surface area contributed by atoms with Gasteiger partial charge in [-0.15, -0.1) is 0 Å². The number of carbonyl (C=O) groups excluding carboxylic acids is 1. The van der Waals surface area contributed by atoms with Gasteiger partial charge in [0.1, 0.15) is 6.04 Å². The van der Waals surface area contributed by atoms with Gasteiger partial charge >= 0.3 is 0 Å². The Labute approximate surface area is 152 Å². The second-order valence-corrected chi connectivity index (χ2v) is 6.70. The molecule has 0 spiro atoms. The number of aromatic nitrogens is 4. The Bertz CT molecular complexity index is 763. The summed E-state index contributed by atoms with van der Waals surface area (Å²) in [7, 11) is 0. The average Bonchev–Trinajstić information content (AvgIpc) is 3.18. The molecule has 0 unspecified atom stereocenters. The third kappa shape index (κ3) is 3.37. The average molecular weight is 354 g/mol. The maximum atomic E-state index is 13.0. The number of aryl methyl sites for hydroxylation is 1. The van der Waals surface area contributed by atoms with E-state index in [0.717, 1.165) is 49.7 Å². The predicted octanol–water partition coefficient (Wildman–Crippen LogP) is 1.70. The Hall–Kier alpha value is -2.61. The third-order valence-corrected chi connectivity index (χ3v) is 4.92. The molecule has 8 nitrogen and oxygen atoms in total. The second-order valence-electron chi connectivity index (χ2n) is 6.70. The van der Waals surface area contributed by atoms with E-state index in [0.29, 0.717) is 6.61 Å². The van der Waals surface area contributed by atoms with Gasteiger partial charge in [-0.05, 0) is 25.8 Å². The number of nitrogens with zero attached hydrogens (tertiary/aromatic N) is 6. The molecule has 0 N–H and O–H groups in total. The number of carbonyl (C=O) groups is 1. The SMILES string of the molecule is Cc1cncc([C@@H]2CCON2C(=O)C2CCN(c3ncccn3)CC2)n1. The molecule has 0 aliphatic carbocycles. The van der Waals surface area contributed by atoms with E-state index in [9.17, 15) is 4.79 Å². The van der Waals surface area contributed by atoms with Crippen LogP contribution in [0.25, 0.3) is 0 Å². The van der Waals surface area contributed by atoms with Gasteiger partial charge in [0.2, 0.25) is 11.9 Å². The molecule has 2 fully saturated rings. The molecular formula is C18H22N6O2. The minimum absolute atomic E-state index is 0.0458. The lowest BCUT2D eigenvalue weighted by Crippen LogP contribution is -2.42. The van der Waals surface area contributed by atoms with E-state index in [1.54, 1.807) is 30.9 Å². The Kier molecular flexibility index (Phi) is 4.75. The highest BCUT2D eigenvalue weighted by molar-refractivity contribution is 5.78. The number of anilines is 1. The van der Waals surface area contributed by atoms with Crippen molar-refractivity contribution in [2.75, 3.05) is 24.6 Å². The van der Waals surface area contributed by atoms with Crippen molar-refractivity contribution in [2.45, 2.75) is 32.2 Å². The summed E-state index contributed by atoms with van der Waals surface area (Å²) < 4.78 is 0. The second kappa shape index (κ2) is 7.33. The van der Waals surface area contributed by atoms with E-state index < -0.39 is 0 Å². The molecule has 0 radical (unpaired) electrons. The molecule has 0 aromatic carbocycles. The maximum absolute atomic E-state index is 13.0. The van der Waals surface area contributed by atoms with Gasteiger partial charge in [-0.25, -0.2) is 15.0 Å². The molecule has 0 saturated carbocycles. The summed E-state index contributed by atoms with van der Waals surface area (Å²) in [6.07, 6.45) is 9.21. The standard InChI is InChI=1S/C18H22N6O2/c1-13-11-19-12-15(22-13)16-5-10-26-24(16)17(25)14-3-8-23(9-4-14)18-20-6-2-7-21-18/h2,6-7,11-12,14,16H,3-5,8-10H2,1H3/t16-/m0/s1. The fourth-order valence-electron chi connectivity index (χ4n) is 3.56. The Morgan fingerprint density at radius 3 is 2.65 bits per heavy atom. The molecule has 2 aliphatic heterocycles. The van der Waals surface area contributed by atoms with E-state index in [-0.39, 0.29) is 17.9 Å². The molecule has 0 bridgehead atoms. The molecule has 1 atom stereocenters. The summed E-state index contributed by atoms with van der Waals surface area (Å²) in [4.78, 5) is 38.1. The van der Waals surface area contributed by atoms with E-state index in [1.807, 2.05) is 6.92 Å². The highest BCUT2D eigenvalue weighted by Gasteiger charge is 2.38. The van der Waals surface area contributed by atoms with E-state index >= 15 is 0 Å². The third-order valence-electron chi connectivity index (χ3n) is 4.92. The number of hydrogen-bond acceptors (Lipinski definition) is 7. The largest absolute Gasteiger partial charge is 0.341 e. The van der Waals surface area contributed by atoms with Gasteiger partial charge in [-0.1, -0.05) is 0 Å². The molecule has 2 aromatic heterocycles. The van der Waals surface area contributed by atoms with Gasteiger partial charge < -0.3 is 4.90 Å². The Morgan fingerprint density at radius 1 is 1.15 bits per heavy atom. The fraction of sp³-hybridized carbons (Fsp3) is 0.500. The lowest BCUT2D eigenvalue weighted by molar-refractivity contribution is -0.182. The number of hydroxylamine groups is 2. The first-order valence-corrected chi connectivity index (χ1v) is 8.99. The van der Waals surface area contributed by atoms with E-state index in [2.05, 4.69) is 24.8 Å². The predicted molar refractivity (Wildman–Crippen MR) is 93.9 cm³/mol. The van der Waals surface area contributed by atoms with Crippen molar-refractivity contribution in [1.29, 1.82) is 0 Å². The van der Waals surface area contributed by atoms with Crippen LogP contribution in [0.4, 0.5) is 5.95 Å². The summed E-state index contributed by atoms with van der Waals surface area (Å²) in [5.41, 5.74) is 1.64. The fourth-order valence-corrected chi connectivity index (χ4v) is 3.56. The number of piperidine rings is 1. The van der Waals surface area contributed by atoms with Gasteiger partial charge in [0.15, 0.2) is 0 Å². The van der Waals surface area contributed by atoms with Crippen LogP contribution in [0.2, 0.25) is 0 Å². The molecular weight excluding hydrogens is 332 g/mol. The van der Waals surface area contributed by atoms with Crippen LogP contribution >= 0.6 is 0 Å². The molecule has 4 heterocycles. The monoisotopic (exact) mass is 354 g/mol. The van der Waals surface area contributed by atoms with Crippen molar-refractivity contribution >= 4 is 11.9 Å². The van der Waals surface area contributed by atoms with Crippen LogP contribution in [0.5, 0.6) is 0 Å². The van der Waals surface area contributed by atoms with Crippen LogP contribution in [0.3, 0.4) is 0 Å². The zero-order valence-corrected chi connectivity index (χ0v) is 14.8. The van der Waals surface area contributed by atoms with E-state index in [1.165, 1.54) is 5.06 Å². The van der Waals surface area contributed by atoms with Gasteiger partial charge in [-0.3, -0.25) is 19.6 Å². The first kappa shape index (κ1) is 16.8. The minimum atomic E-state index is -0.148. The number of rotatable bonds is 3. The van der Waals surface area contributed by atoms with Gasteiger partial charge in [-0.2, -0.15) is 0 Å². The molecule has 136 valence electrons. The normalized spacial score (nSPS) is 21.2. The highest BCUT2D eigenvalue weighted by Crippen LogP contribution is 2.32. The van der Waals surface area contributed by atoms with Crippen LogP contribution < -0.4 is 4.90 Å². The lowest BCUT2D eigenvalue weighted by Gasteiger charge is -2.33.